The predicted molar refractivity (Wildman–Crippen MR) is 64.6 cm³/mol. The van der Waals surface area contributed by atoms with Crippen LogP contribution in [0.1, 0.15) is 18.1 Å². The van der Waals surface area contributed by atoms with Crippen LogP contribution in [0, 0.1) is 0 Å². The third kappa shape index (κ3) is 4.02. The van der Waals surface area contributed by atoms with Crippen LogP contribution < -0.4 is 10.6 Å². The van der Waals surface area contributed by atoms with Gasteiger partial charge in [-0.1, -0.05) is 28.1 Å². The zero-order valence-electron chi connectivity index (χ0n) is 8.92. The van der Waals surface area contributed by atoms with Gasteiger partial charge in [0.1, 0.15) is 0 Å². The predicted octanol–water partition coefficient (Wildman–Crippen LogP) is 1.33. The molecule has 0 saturated heterocycles. The van der Waals surface area contributed by atoms with E-state index < -0.39 is 0 Å². The fraction of sp³-hybridized carbons (Fsp3) is 0.273. The van der Waals surface area contributed by atoms with Crippen LogP contribution in [0.5, 0.6) is 0 Å². The number of rotatable bonds is 5. The number of amides is 2. The van der Waals surface area contributed by atoms with E-state index in [4.69, 9.17) is 0 Å². The smallest absolute Gasteiger partial charge is 0.217 e. The Balaban J connectivity index is 2.67. The van der Waals surface area contributed by atoms with E-state index in [1.165, 1.54) is 6.92 Å². The fourth-order valence-electron chi connectivity index (χ4n) is 1.22. The Labute approximate surface area is 103 Å². The molecule has 0 aromatic heterocycles. The van der Waals surface area contributed by atoms with Crippen molar-refractivity contribution in [3.05, 3.63) is 33.8 Å². The summed E-state index contributed by atoms with van der Waals surface area (Å²) in [5.74, 6) is -0.0569. The second-order valence-electron chi connectivity index (χ2n) is 3.33. The molecular weight excluding hydrogens is 272 g/mol. The molecule has 86 valence electrons. The highest BCUT2D eigenvalue weighted by Gasteiger charge is 2.02. The van der Waals surface area contributed by atoms with Gasteiger partial charge in [0.25, 0.3) is 0 Å². The Morgan fingerprint density at radius 2 is 2.19 bits per heavy atom. The average Bonchev–Trinajstić information content (AvgIpc) is 2.24. The van der Waals surface area contributed by atoms with Gasteiger partial charge in [-0.15, -0.1) is 0 Å². The minimum Gasteiger partial charge on any atom is -0.355 e. The van der Waals surface area contributed by atoms with Gasteiger partial charge in [-0.3, -0.25) is 9.59 Å². The summed E-state index contributed by atoms with van der Waals surface area (Å²) in [4.78, 5) is 20.9. The molecule has 2 amide bonds. The van der Waals surface area contributed by atoms with Gasteiger partial charge < -0.3 is 10.6 Å². The van der Waals surface area contributed by atoms with Crippen molar-refractivity contribution in [1.29, 1.82) is 0 Å². The third-order valence-corrected chi connectivity index (χ3v) is 2.77. The molecule has 1 rings (SSSR count). The van der Waals surface area contributed by atoms with Gasteiger partial charge in [-0.25, -0.2) is 0 Å². The van der Waals surface area contributed by atoms with Crippen LogP contribution in [0.25, 0.3) is 0 Å². The minimum absolute atomic E-state index is 0.0569. The van der Waals surface area contributed by atoms with Crippen molar-refractivity contribution >= 4 is 28.2 Å². The Hall–Kier alpha value is -1.36. The Kier molecular flexibility index (Phi) is 4.98. The molecule has 0 aliphatic carbocycles. The lowest BCUT2D eigenvalue weighted by atomic mass is 10.1. The molecule has 0 saturated carbocycles. The summed E-state index contributed by atoms with van der Waals surface area (Å²) in [6.07, 6.45) is 0.666. The van der Waals surface area contributed by atoms with Crippen molar-refractivity contribution < 1.29 is 9.59 Å². The number of hydrogen-bond donors (Lipinski definition) is 2. The largest absolute Gasteiger partial charge is 0.355 e. The van der Waals surface area contributed by atoms with Crippen LogP contribution in [0.4, 0.5) is 0 Å². The first-order valence-electron chi connectivity index (χ1n) is 4.82. The summed E-state index contributed by atoms with van der Waals surface area (Å²) in [6.45, 7) is 2.48. The maximum Gasteiger partial charge on any atom is 0.217 e. The number of halogens is 1. The maximum absolute atomic E-state index is 10.8. The van der Waals surface area contributed by atoms with Crippen LogP contribution in [0.3, 0.4) is 0 Å². The van der Waals surface area contributed by atoms with Crippen LogP contribution in [0.15, 0.2) is 22.7 Å². The highest BCUT2D eigenvalue weighted by molar-refractivity contribution is 9.10. The summed E-state index contributed by atoms with van der Waals surface area (Å²) >= 11 is 3.42. The van der Waals surface area contributed by atoms with Gasteiger partial charge >= 0.3 is 0 Å². The Bertz CT molecular complexity index is 394. The fourth-order valence-corrected chi connectivity index (χ4v) is 1.79. The van der Waals surface area contributed by atoms with E-state index in [0.29, 0.717) is 19.5 Å². The topological polar surface area (TPSA) is 58.2 Å². The van der Waals surface area contributed by atoms with E-state index in [0.717, 1.165) is 15.6 Å². The molecule has 0 fully saturated rings. The van der Waals surface area contributed by atoms with Gasteiger partial charge in [-0.2, -0.15) is 0 Å². The molecule has 1 aromatic rings. The summed E-state index contributed by atoms with van der Waals surface area (Å²) in [7, 11) is 0. The molecule has 0 atom stereocenters. The number of nitrogens with one attached hydrogen (secondary N) is 2. The lowest BCUT2D eigenvalue weighted by molar-refractivity contribution is -0.119. The first-order chi connectivity index (χ1) is 7.63. The number of carbonyl (C=O) groups excluding carboxylic acids is 2. The van der Waals surface area contributed by atoms with E-state index in [1.807, 2.05) is 18.2 Å². The quantitative estimate of drug-likeness (QED) is 0.802. The first kappa shape index (κ1) is 12.7. The summed E-state index contributed by atoms with van der Waals surface area (Å²) in [5, 5.41) is 5.31. The maximum atomic E-state index is 10.8. The monoisotopic (exact) mass is 284 g/mol. The average molecular weight is 285 g/mol. The second-order valence-corrected chi connectivity index (χ2v) is 4.19. The van der Waals surface area contributed by atoms with E-state index in [-0.39, 0.29) is 5.91 Å². The van der Waals surface area contributed by atoms with Crippen LogP contribution in [0.2, 0.25) is 0 Å². The van der Waals surface area contributed by atoms with Crippen LogP contribution in [-0.4, -0.2) is 12.3 Å². The molecule has 2 N–H and O–H groups in total. The molecule has 0 spiro atoms. The first-order valence-corrected chi connectivity index (χ1v) is 5.61. The molecule has 4 nitrogen and oxygen atoms in total. The Morgan fingerprint density at radius 3 is 2.75 bits per heavy atom. The zero-order chi connectivity index (χ0) is 12.0. The molecule has 0 radical (unpaired) electrons. The zero-order valence-corrected chi connectivity index (χ0v) is 10.5. The van der Waals surface area contributed by atoms with Gasteiger partial charge in [-0.05, 0) is 17.2 Å². The number of benzene rings is 1. The minimum atomic E-state index is -0.0569. The molecule has 1 aromatic carbocycles. The van der Waals surface area contributed by atoms with Gasteiger partial charge in [0, 0.05) is 24.5 Å². The molecular formula is C11H13BrN2O2. The van der Waals surface area contributed by atoms with Crippen molar-refractivity contribution in [3.63, 3.8) is 0 Å². The lowest BCUT2D eigenvalue weighted by Gasteiger charge is -2.07. The van der Waals surface area contributed by atoms with Gasteiger partial charge in [0.2, 0.25) is 12.3 Å². The van der Waals surface area contributed by atoms with E-state index in [1.54, 1.807) is 0 Å². The number of hydrogen-bond acceptors (Lipinski definition) is 2. The highest BCUT2D eigenvalue weighted by atomic mass is 79.9. The SMILES string of the molecule is CC(=O)NCc1ccc(CNC=O)cc1Br. The molecule has 0 aliphatic heterocycles. The normalized spacial score (nSPS) is 9.62. The lowest BCUT2D eigenvalue weighted by Crippen LogP contribution is -2.19. The molecule has 0 aliphatic rings. The van der Waals surface area contributed by atoms with E-state index in [9.17, 15) is 9.59 Å². The van der Waals surface area contributed by atoms with Crippen molar-refractivity contribution in [2.75, 3.05) is 0 Å². The molecule has 5 heteroatoms. The summed E-state index contributed by atoms with van der Waals surface area (Å²) in [6, 6.07) is 5.76. The van der Waals surface area contributed by atoms with Crippen LogP contribution >= 0.6 is 15.9 Å². The van der Waals surface area contributed by atoms with Gasteiger partial charge in [0.15, 0.2) is 0 Å². The van der Waals surface area contributed by atoms with E-state index in [2.05, 4.69) is 26.6 Å². The number of carbonyl (C=O) groups is 2. The molecule has 0 bridgehead atoms. The van der Waals surface area contributed by atoms with Gasteiger partial charge in [0.05, 0.1) is 0 Å². The molecule has 16 heavy (non-hydrogen) atoms. The highest BCUT2D eigenvalue weighted by Crippen LogP contribution is 2.18. The molecule has 0 heterocycles. The van der Waals surface area contributed by atoms with Crippen molar-refractivity contribution in [1.82, 2.24) is 10.6 Å². The Morgan fingerprint density at radius 1 is 1.44 bits per heavy atom. The van der Waals surface area contributed by atoms with Crippen molar-refractivity contribution in [2.24, 2.45) is 0 Å². The van der Waals surface area contributed by atoms with E-state index >= 15 is 0 Å². The summed E-state index contributed by atoms with van der Waals surface area (Å²) < 4.78 is 0.923. The van der Waals surface area contributed by atoms with Crippen molar-refractivity contribution in [2.45, 2.75) is 20.0 Å². The van der Waals surface area contributed by atoms with Crippen molar-refractivity contribution in [3.8, 4) is 0 Å². The van der Waals surface area contributed by atoms with Crippen LogP contribution in [-0.2, 0) is 22.7 Å². The second kappa shape index (κ2) is 6.27. The third-order valence-electron chi connectivity index (χ3n) is 2.03. The molecule has 0 unspecified atom stereocenters. The summed E-state index contributed by atoms with van der Waals surface area (Å²) in [5.41, 5.74) is 2.01. The standard InChI is InChI=1S/C11H13BrN2O2/c1-8(16)14-6-10-3-2-9(4-11(10)12)5-13-7-15/h2-4,7H,5-6H2,1H3,(H,13,15)(H,14,16).